The number of hydrogen-bond acceptors (Lipinski definition) is 6. The predicted octanol–water partition coefficient (Wildman–Crippen LogP) is 2.40. The zero-order chi connectivity index (χ0) is 19.1. The van der Waals surface area contributed by atoms with E-state index >= 15 is 0 Å². The van der Waals surface area contributed by atoms with Crippen molar-refractivity contribution in [3.05, 3.63) is 76.1 Å². The van der Waals surface area contributed by atoms with Gasteiger partial charge in [-0.1, -0.05) is 12.1 Å². The first kappa shape index (κ1) is 18.6. The van der Waals surface area contributed by atoms with Crippen molar-refractivity contribution >= 4 is 11.8 Å². The fourth-order valence-electron chi connectivity index (χ4n) is 2.68. The molecule has 0 aromatic carbocycles. The Morgan fingerprint density at radius 2 is 2.00 bits per heavy atom. The Labute approximate surface area is 158 Å². The van der Waals surface area contributed by atoms with E-state index in [0.717, 1.165) is 30.0 Å². The van der Waals surface area contributed by atoms with Gasteiger partial charge in [-0.15, -0.1) is 0 Å². The van der Waals surface area contributed by atoms with Crippen LogP contribution in [0.25, 0.3) is 0 Å². The highest BCUT2D eigenvalue weighted by molar-refractivity contribution is 5.36. The van der Waals surface area contributed by atoms with Gasteiger partial charge in [-0.3, -0.25) is 14.8 Å². The van der Waals surface area contributed by atoms with E-state index in [9.17, 15) is 4.79 Å². The van der Waals surface area contributed by atoms with E-state index in [0.29, 0.717) is 24.5 Å². The van der Waals surface area contributed by atoms with E-state index in [1.165, 1.54) is 0 Å². The molecule has 0 aliphatic heterocycles. The van der Waals surface area contributed by atoms with Gasteiger partial charge < -0.3 is 10.2 Å². The van der Waals surface area contributed by atoms with Crippen LogP contribution in [-0.4, -0.2) is 40.1 Å². The van der Waals surface area contributed by atoms with Gasteiger partial charge in [-0.2, -0.15) is 0 Å². The Kier molecular flexibility index (Phi) is 6.14. The van der Waals surface area contributed by atoms with Crippen molar-refractivity contribution in [2.24, 2.45) is 0 Å². The third kappa shape index (κ3) is 5.37. The minimum Gasteiger partial charge on any atom is -0.360 e. The number of aromatic nitrogens is 4. The van der Waals surface area contributed by atoms with Gasteiger partial charge in [0, 0.05) is 56.4 Å². The van der Waals surface area contributed by atoms with E-state index in [-0.39, 0.29) is 5.56 Å². The number of aryl methyl sites for hydroxylation is 1. The summed E-state index contributed by atoms with van der Waals surface area (Å²) in [6.07, 6.45) is 6.62. The maximum Gasteiger partial charge on any atom is 0.255 e. The monoisotopic (exact) mass is 364 g/mol. The fourth-order valence-corrected chi connectivity index (χ4v) is 2.68. The lowest BCUT2D eigenvalue weighted by Crippen LogP contribution is -2.23. The average Bonchev–Trinajstić information content (AvgIpc) is 2.69. The molecule has 0 bridgehead atoms. The lowest BCUT2D eigenvalue weighted by Gasteiger charge is -2.17. The van der Waals surface area contributed by atoms with Gasteiger partial charge in [0.25, 0.3) is 5.56 Å². The minimum atomic E-state index is -0.126. The maximum atomic E-state index is 12.3. The van der Waals surface area contributed by atoms with Crippen molar-refractivity contribution in [3.63, 3.8) is 0 Å². The van der Waals surface area contributed by atoms with Gasteiger partial charge >= 0.3 is 0 Å². The second-order valence-electron chi connectivity index (χ2n) is 6.46. The van der Waals surface area contributed by atoms with Gasteiger partial charge in [-0.05, 0) is 37.1 Å². The Morgan fingerprint density at radius 3 is 2.70 bits per heavy atom. The molecule has 0 amide bonds. The first-order valence-corrected chi connectivity index (χ1v) is 8.97. The highest BCUT2D eigenvalue weighted by atomic mass is 16.1. The van der Waals surface area contributed by atoms with Crippen LogP contribution in [0.3, 0.4) is 0 Å². The van der Waals surface area contributed by atoms with Crippen molar-refractivity contribution in [2.75, 3.05) is 30.4 Å². The SMILES string of the molecule is Cc1ccc(Cc2cnc(NCCCN(C)c3ccccn3)[nH]c2=O)cn1. The molecule has 27 heavy (non-hydrogen) atoms. The van der Waals surface area contributed by atoms with Crippen molar-refractivity contribution in [2.45, 2.75) is 19.8 Å². The summed E-state index contributed by atoms with van der Waals surface area (Å²) in [5, 5.41) is 3.16. The van der Waals surface area contributed by atoms with Gasteiger partial charge in [0.05, 0.1) is 0 Å². The summed E-state index contributed by atoms with van der Waals surface area (Å²) in [5.74, 6) is 1.44. The van der Waals surface area contributed by atoms with Crippen molar-refractivity contribution in [1.29, 1.82) is 0 Å². The number of rotatable bonds is 8. The standard InChI is InChI=1S/C20H24N6O/c1-15-7-8-16(13-23-15)12-17-14-24-20(25-19(17)27)22-10-5-11-26(2)18-6-3-4-9-21-18/h3-4,6-9,13-14H,5,10-12H2,1-2H3,(H2,22,24,25,27). The van der Waals surface area contributed by atoms with Crippen LogP contribution in [0.5, 0.6) is 0 Å². The highest BCUT2D eigenvalue weighted by Gasteiger charge is 2.05. The zero-order valence-corrected chi connectivity index (χ0v) is 15.6. The first-order chi connectivity index (χ1) is 13.1. The number of hydrogen-bond donors (Lipinski definition) is 2. The summed E-state index contributed by atoms with van der Waals surface area (Å²) in [5.41, 5.74) is 2.45. The maximum absolute atomic E-state index is 12.3. The minimum absolute atomic E-state index is 0.126. The Hall–Kier alpha value is -3.22. The Morgan fingerprint density at radius 1 is 1.11 bits per heavy atom. The normalized spacial score (nSPS) is 10.6. The zero-order valence-electron chi connectivity index (χ0n) is 15.6. The van der Waals surface area contributed by atoms with Gasteiger partial charge in [0.1, 0.15) is 5.82 Å². The molecule has 140 valence electrons. The number of nitrogens with one attached hydrogen (secondary N) is 2. The molecule has 0 fully saturated rings. The first-order valence-electron chi connectivity index (χ1n) is 8.97. The molecule has 7 nitrogen and oxygen atoms in total. The number of aromatic amines is 1. The average molecular weight is 364 g/mol. The van der Waals surface area contributed by atoms with Crippen LogP contribution >= 0.6 is 0 Å². The van der Waals surface area contributed by atoms with E-state index in [1.807, 2.05) is 44.3 Å². The molecule has 7 heteroatoms. The molecule has 0 aliphatic rings. The molecule has 0 unspecified atom stereocenters. The molecular weight excluding hydrogens is 340 g/mol. The van der Waals surface area contributed by atoms with E-state index in [4.69, 9.17) is 0 Å². The Bertz CT molecular complexity index is 908. The number of H-pyrrole nitrogens is 1. The molecule has 3 rings (SSSR count). The number of pyridine rings is 2. The van der Waals surface area contributed by atoms with Crippen LogP contribution in [0.15, 0.2) is 53.7 Å². The topological polar surface area (TPSA) is 86.8 Å². The molecular formula is C20H24N6O. The van der Waals surface area contributed by atoms with Crippen LogP contribution in [0.1, 0.15) is 23.2 Å². The van der Waals surface area contributed by atoms with Crippen LogP contribution in [0.2, 0.25) is 0 Å². The van der Waals surface area contributed by atoms with E-state index < -0.39 is 0 Å². The Balaban J connectivity index is 1.49. The molecule has 0 saturated heterocycles. The second kappa shape index (κ2) is 8.93. The van der Waals surface area contributed by atoms with Crippen LogP contribution in [0.4, 0.5) is 11.8 Å². The summed E-state index contributed by atoms with van der Waals surface area (Å²) in [6, 6.07) is 9.77. The fraction of sp³-hybridized carbons (Fsp3) is 0.300. The summed E-state index contributed by atoms with van der Waals surface area (Å²) >= 11 is 0. The quantitative estimate of drug-likeness (QED) is 0.597. The molecule has 2 N–H and O–H groups in total. The third-order valence-electron chi connectivity index (χ3n) is 4.24. The van der Waals surface area contributed by atoms with Crippen LogP contribution in [0, 0.1) is 6.92 Å². The second-order valence-corrected chi connectivity index (χ2v) is 6.46. The molecule has 3 heterocycles. The van der Waals surface area contributed by atoms with Crippen LogP contribution < -0.4 is 15.8 Å². The summed E-state index contributed by atoms with van der Waals surface area (Å²) in [7, 11) is 2.01. The van der Waals surface area contributed by atoms with E-state index in [1.54, 1.807) is 18.6 Å². The highest BCUT2D eigenvalue weighted by Crippen LogP contribution is 2.08. The number of anilines is 2. The summed E-state index contributed by atoms with van der Waals surface area (Å²) in [6.45, 7) is 3.50. The lowest BCUT2D eigenvalue weighted by atomic mass is 10.1. The largest absolute Gasteiger partial charge is 0.360 e. The molecule has 0 spiro atoms. The molecule has 3 aromatic heterocycles. The summed E-state index contributed by atoms with van der Waals surface area (Å²) in [4.78, 5) is 30.0. The number of nitrogens with zero attached hydrogens (tertiary/aromatic N) is 4. The van der Waals surface area contributed by atoms with Crippen molar-refractivity contribution in [1.82, 2.24) is 19.9 Å². The molecule has 0 aliphatic carbocycles. The molecule has 0 atom stereocenters. The van der Waals surface area contributed by atoms with Gasteiger partial charge in [0.15, 0.2) is 0 Å². The molecule has 0 radical (unpaired) electrons. The molecule has 0 saturated carbocycles. The van der Waals surface area contributed by atoms with Gasteiger partial charge in [0.2, 0.25) is 5.95 Å². The van der Waals surface area contributed by atoms with Crippen LogP contribution in [-0.2, 0) is 6.42 Å². The molecule has 3 aromatic rings. The lowest BCUT2D eigenvalue weighted by molar-refractivity contribution is 0.799. The predicted molar refractivity (Wildman–Crippen MR) is 107 cm³/mol. The third-order valence-corrected chi connectivity index (χ3v) is 4.24. The van der Waals surface area contributed by atoms with Crippen molar-refractivity contribution in [3.8, 4) is 0 Å². The van der Waals surface area contributed by atoms with Gasteiger partial charge in [-0.25, -0.2) is 9.97 Å². The summed E-state index contributed by atoms with van der Waals surface area (Å²) < 4.78 is 0. The smallest absolute Gasteiger partial charge is 0.255 e. The van der Waals surface area contributed by atoms with Crippen molar-refractivity contribution < 1.29 is 0 Å². The van der Waals surface area contributed by atoms with E-state index in [2.05, 4.69) is 30.2 Å².